The third kappa shape index (κ3) is 3.11. The number of hydrogen-bond donors (Lipinski definition) is 0. The maximum absolute atomic E-state index is 12.2. The zero-order valence-electron chi connectivity index (χ0n) is 12.7. The fourth-order valence-electron chi connectivity index (χ4n) is 2.07. The molecule has 0 aliphatic carbocycles. The lowest BCUT2D eigenvalue weighted by molar-refractivity contribution is -0.138. The minimum absolute atomic E-state index is 0.432. The Balaban J connectivity index is 2.56. The van der Waals surface area contributed by atoms with E-state index in [0.29, 0.717) is 5.69 Å². The quantitative estimate of drug-likeness (QED) is 0.793. The number of benzene rings is 1. The van der Waals surface area contributed by atoms with E-state index in [-0.39, 0.29) is 0 Å². The van der Waals surface area contributed by atoms with Crippen LogP contribution in [0, 0.1) is 0 Å². The number of amides is 1. The van der Waals surface area contributed by atoms with Gasteiger partial charge >= 0.3 is 0 Å². The number of likely N-dealkylation sites (N-methyl/N-ethyl adjacent to an activating group) is 1. The van der Waals surface area contributed by atoms with Crippen molar-refractivity contribution in [3.63, 3.8) is 0 Å². The Morgan fingerprint density at radius 1 is 1.09 bits per heavy atom. The van der Waals surface area contributed by atoms with Crippen LogP contribution in [0.2, 0.25) is 0 Å². The van der Waals surface area contributed by atoms with Crippen molar-refractivity contribution in [2.75, 3.05) is 14.1 Å². The van der Waals surface area contributed by atoms with E-state index in [2.05, 4.69) is 5.10 Å². The average molecular weight is 299 g/mol. The summed E-state index contributed by atoms with van der Waals surface area (Å²) in [6.45, 7) is 1.27. The molecule has 0 saturated heterocycles. The summed E-state index contributed by atoms with van der Waals surface area (Å²) in [7, 11) is 3.06. The summed E-state index contributed by atoms with van der Waals surface area (Å²) in [5.41, 5.74) is 0.837. The first-order valence-corrected chi connectivity index (χ1v) is 6.78. The van der Waals surface area contributed by atoms with Crippen LogP contribution in [-0.4, -0.2) is 40.5 Å². The monoisotopic (exact) mass is 299 g/mol. The molecule has 0 radical (unpaired) electrons. The van der Waals surface area contributed by atoms with Gasteiger partial charge in [0.1, 0.15) is 0 Å². The van der Waals surface area contributed by atoms with Gasteiger partial charge in [0.25, 0.3) is 11.5 Å². The Hall–Kier alpha value is -2.76. The van der Waals surface area contributed by atoms with Crippen molar-refractivity contribution in [1.29, 1.82) is 0 Å². The van der Waals surface area contributed by atoms with Gasteiger partial charge < -0.3 is 4.90 Å². The molecule has 0 bridgehead atoms. The van der Waals surface area contributed by atoms with Gasteiger partial charge in [-0.25, -0.2) is 4.68 Å². The van der Waals surface area contributed by atoms with Crippen LogP contribution >= 0.6 is 0 Å². The minimum atomic E-state index is -1.24. The van der Waals surface area contributed by atoms with Crippen LogP contribution in [0.5, 0.6) is 0 Å². The average Bonchev–Trinajstić information content (AvgIpc) is 2.49. The second kappa shape index (κ2) is 6.34. The standard InChI is InChI=1S/C16H17N3O3/c1-11(20)15(16(22)18(2)3)19-14(21)10-9-13(17-19)12-7-5-4-6-8-12/h4-10,15H,1-3H3/t15-/m1/s1. The summed E-state index contributed by atoms with van der Waals surface area (Å²) in [6, 6.07) is 10.9. The van der Waals surface area contributed by atoms with Gasteiger partial charge in [0.2, 0.25) is 0 Å². The van der Waals surface area contributed by atoms with E-state index in [1.54, 1.807) is 6.07 Å². The molecule has 0 N–H and O–H groups in total. The van der Waals surface area contributed by atoms with E-state index >= 15 is 0 Å². The molecule has 0 saturated carbocycles. The van der Waals surface area contributed by atoms with Crippen molar-refractivity contribution in [1.82, 2.24) is 14.7 Å². The molecular formula is C16H17N3O3. The molecule has 1 heterocycles. The number of aromatic nitrogens is 2. The van der Waals surface area contributed by atoms with Crippen LogP contribution in [0.1, 0.15) is 13.0 Å². The predicted molar refractivity (Wildman–Crippen MR) is 82.3 cm³/mol. The van der Waals surface area contributed by atoms with Crippen LogP contribution in [0.4, 0.5) is 0 Å². The van der Waals surface area contributed by atoms with Crippen LogP contribution in [0.15, 0.2) is 47.3 Å². The van der Waals surface area contributed by atoms with Gasteiger partial charge in [0.15, 0.2) is 11.8 Å². The molecule has 1 amide bonds. The SMILES string of the molecule is CC(=O)[C@H](C(=O)N(C)C)n1nc(-c2ccccc2)ccc1=O. The van der Waals surface area contributed by atoms with Gasteiger partial charge in [-0.1, -0.05) is 30.3 Å². The van der Waals surface area contributed by atoms with Crippen molar-refractivity contribution in [2.45, 2.75) is 13.0 Å². The van der Waals surface area contributed by atoms with Gasteiger partial charge in [0, 0.05) is 25.7 Å². The van der Waals surface area contributed by atoms with E-state index in [1.165, 1.54) is 32.0 Å². The number of hydrogen-bond acceptors (Lipinski definition) is 4. The molecule has 1 aromatic heterocycles. The Labute approximate surface area is 128 Å². The van der Waals surface area contributed by atoms with Crippen molar-refractivity contribution in [2.24, 2.45) is 0 Å². The van der Waals surface area contributed by atoms with Crippen LogP contribution in [0.25, 0.3) is 11.3 Å². The Bertz CT molecular complexity index is 751. The molecule has 1 atom stereocenters. The highest BCUT2D eigenvalue weighted by atomic mass is 16.2. The van der Waals surface area contributed by atoms with Crippen LogP contribution < -0.4 is 5.56 Å². The number of ketones is 1. The van der Waals surface area contributed by atoms with E-state index in [9.17, 15) is 14.4 Å². The summed E-state index contributed by atoms with van der Waals surface area (Å²) < 4.78 is 0.951. The first-order valence-electron chi connectivity index (χ1n) is 6.78. The van der Waals surface area contributed by atoms with Gasteiger partial charge in [-0.15, -0.1) is 0 Å². The number of carbonyl (C=O) groups excluding carboxylic acids is 2. The summed E-state index contributed by atoms with van der Waals surface area (Å²) in [5.74, 6) is -0.911. The van der Waals surface area contributed by atoms with Crippen LogP contribution in [0.3, 0.4) is 0 Å². The molecule has 0 fully saturated rings. The van der Waals surface area contributed by atoms with Gasteiger partial charge in [-0.05, 0) is 13.0 Å². The molecule has 6 nitrogen and oxygen atoms in total. The second-order valence-corrected chi connectivity index (χ2v) is 5.11. The maximum Gasteiger partial charge on any atom is 0.267 e. The topological polar surface area (TPSA) is 72.3 Å². The molecule has 0 aliphatic rings. The minimum Gasteiger partial charge on any atom is -0.347 e. The number of Topliss-reactive ketones (excluding diaryl/α,β-unsaturated/α-hetero) is 1. The van der Waals surface area contributed by atoms with Crippen molar-refractivity contribution in [3.05, 3.63) is 52.8 Å². The van der Waals surface area contributed by atoms with Crippen molar-refractivity contribution in [3.8, 4) is 11.3 Å². The van der Waals surface area contributed by atoms with E-state index < -0.39 is 23.3 Å². The van der Waals surface area contributed by atoms with Gasteiger partial charge in [-0.3, -0.25) is 14.4 Å². The molecule has 0 spiro atoms. The Morgan fingerprint density at radius 2 is 1.73 bits per heavy atom. The Morgan fingerprint density at radius 3 is 2.27 bits per heavy atom. The molecule has 114 valence electrons. The molecule has 1 aromatic carbocycles. The fraction of sp³-hybridized carbons (Fsp3) is 0.250. The molecule has 0 unspecified atom stereocenters. The normalized spacial score (nSPS) is 11.8. The van der Waals surface area contributed by atoms with E-state index in [0.717, 1.165) is 10.2 Å². The van der Waals surface area contributed by atoms with Gasteiger partial charge in [-0.2, -0.15) is 5.10 Å². The predicted octanol–water partition coefficient (Wildman–Crippen LogP) is 1.13. The molecular weight excluding hydrogens is 282 g/mol. The largest absolute Gasteiger partial charge is 0.347 e. The maximum atomic E-state index is 12.2. The fourth-order valence-corrected chi connectivity index (χ4v) is 2.07. The Kier molecular flexibility index (Phi) is 4.50. The molecule has 22 heavy (non-hydrogen) atoms. The van der Waals surface area contributed by atoms with E-state index in [1.807, 2.05) is 30.3 Å². The first-order chi connectivity index (χ1) is 10.4. The van der Waals surface area contributed by atoms with Crippen molar-refractivity contribution < 1.29 is 9.59 Å². The zero-order valence-corrected chi connectivity index (χ0v) is 12.7. The number of rotatable bonds is 4. The summed E-state index contributed by atoms with van der Waals surface area (Å²) in [6.07, 6.45) is 0. The smallest absolute Gasteiger partial charge is 0.267 e. The molecule has 2 rings (SSSR count). The van der Waals surface area contributed by atoms with Crippen LogP contribution in [-0.2, 0) is 9.59 Å². The van der Waals surface area contributed by atoms with E-state index in [4.69, 9.17) is 0 Å². The summed E-state index contributed by atoms with van der Waals surface area (Å²) in [4.78, 5) is 37.4. The zero-order chi connectivity index (χ0) is 16.3. The number of nitrogens with zero attached hydrogens (tertiary/aromatic N) is 3. The lowest BCUT2D eigenvalue weighted by Gasteiger charge is -2.19. The molecule has 6 heteroatoms. The molecule has 0 aliphatic heterocycles. The highest BCUT2D eigenvalue weighted by molar-refractivity contribution is 6.02. The lowest BCUT2D eigenvalue weighted by atomic mass is 10.1. The molecule has 2 aromatic rings. The lowest BCUT2D eigenvalue weighted by Crippen LogP contribution is -2.41. The highest BCUT2D eigenvalue weighted by Crippen LogP contribution is 2.16. The first kappa shape index (κ1) is 15.6. The van der Waals surface area contributed by atoms with Gasteiger partial charge in [0.05, 0.1) is 5.69 Å². The summed E-state index contributed by atoms with van der Waals surface area (Å²) in [5, 5.41) is 4.20. The number of carbonyl (C=O) groups is 2. The summed E-state index contributed by atoms with van der Waals surface area (Å²) >= 11 is 0. The third-order valence-corrected chi connectivity index (χ3v) is 3.20. The van der Waals surface area contributed by atoms with Crippen molar-refractivity contribution >= 4 is 11.7 Å². The second-order valence-electron chi connectivity index (χ2n) is 5.11. The highest BCUT2D eigenvalue weighted by Gasteiger charge is 2.29. The third-order valence-electron chi connectivity index (χ3n) is 3.20.